The Labute approximate surface area is 256 Å². The van der Waals surface area contributed by atoms with Crippen LogP contribution in [0, 0.1) is 39.4 Å². The summed E-state index contributed by atoms with van der Waals surface area (Å²) in [5.74, 6) is -5.13. The van der Waals surface area contributed by atoms with Crippen molar-refractivity contribution in [2.75, 3.05) is 6.61 Å². The fraction of sp³-hybridized carbons (Fsp3) is 0.758. The number of aliphatic hydroxyl groups excluding tert-OH is 3. The highest BCUT2D eigenvalue weighted by Crippen LogP contribution is 2.75. The van der Waals surface area contributed by atoms with E-state index >= 15 is 0 Å². The molecule has 2 heterocycles. The van der Waals surface area contributed by atoms with Gasteiger partial charge >= 0.3 is 11.9 Å². The lowest BCUT2D eigenvalue weighted by molar-refractivity contribution is -0.372. The van der Waals surface area contributed by atoms with Crippen LogP contribution in [0.15, 0.2) is 23.0 Å². The van der Waals surface area contributed by atoms with Gasteiger partial charge in [-0.25, -0.2) is 0 Å². The van der Waals surface area contributed by atoms with Gasteiger partial charge in [0.1, 0.15) is 18.0 Å². The molecule has 1 unspecified atom stereocenters. The van der Waals surface area contributed by atoms with Gasteiger partial charge in [0.25, 0.3) is 0 Å². The van der Waals surface area contributed by atoms with E-state index in [-0.39, 0.29) is 38.1 Å². The predicted molar refractivity (Wildman–Crippen MR) is 151 cm³/mol. The Morgan fingerprint density at radius 1 is 1.00 bits per heavy atom. The van der Waals surface area contributed by atoms with Crippen LogP contribution in [0.3, 0.4) is 0 Å². The van der Waals surface area contributed by atoms with E-state index in [9.17, 15) is 34.5 Å². The number of fused-ring (bicyclic) bond motifs is 3. The molecule has 0 spiro atoms. The van der Waals surface area contributed by atoms with Gasteiger partial charge in [-0.15, -0.1) is 0 Å². The second-order valence-electron chi connectivity index (χ2n) is 14.6. The Balaban J connectivity index is 1.48. The first-order valence-corrected chi connectivity index (χ1v) is 15.8. The average molecular weight is 617 g/mol. The van der Waals surface area contributed by atoms with Crippen molar-refractivity contribution >= 4 is 23.5 Å². The number of carbonyl (C=O) groups is 4. The van der Waals surface area contributed by atoms with Crippen LogP contribution in [-0.2, 0) is 33.4 Å². The molecule has 2 bridgehead atoms. The summed E-state index contributed by atoms with van der Waals surface area (Å²) in [6, 6.07) is 1.73. The monoisotopic (exact) mass is 616 g/mol. The molecule has 11 heteroatoms. The molecule has 13 atom stereocenters. The number of ether oxygens (including phenoxy) is 3. The fourth-order valence-electron chi connectivity index (χ4n) is 10.7. The highest BCUT2D eigenvalue weighted by atomic mass is 16.7. The SMILES string of the molecule is CCCCC(=O)OC1OC[C@]23[C@@H](O)C[C@@H](OC(C)=O)[C@@]1(C)[C@@H]2C[C@@H](O)[C@@]1(C)[C@@H]2C(=O)C[C@@H](c4ccoc4)[C@]2(C)[C@@H](O)C(=O)[C@@H]13. The van der Waals surface area contributed by atoms with E-state index < -0.39 is 93.8 Å². The molecule has 0 amide bonds. The summed E-state index contributed by atoms with van der Waals surface area (Å²) in [5.41, 5.74) is -4.51. The van der Waals surface area contributed by atoms with Crippen LogP contribution < -0.4 is 0 Å². The second-order valence-corrected chi connectivity index (χ2v) is 14.6. The van der Waals surface area contributed by atoms with E-state index in [0.29, 0.717) is 12.0 Å². The van der Waals surface area contributed by atoms with E-state index in [1.807, 2.05) is 6.92 Å². The number of carbonyl (C=O) groups excluding carboxylic acids is 4. The summed E-state index contributed by atoms with van der Waals surface area (Å²) in [5, 5.41) is 36.1. The molecule has 242 valence electrons. The van der Waals surface area contributed by atoms with Crippen LogP contribution >= 0.6 is 0 Å². The normalized spacial score (nSPS) is 47.8. The van der Waals surface area contributed by atoms with Gasteiger partial charge in [0.2, 0.25) is 6.29 Å². The largest absolute Gasteiger partial charge is 0.472 e. The first kappa shape index (κ1) is 31.4. The van der Waals surface area contributed by atoms with Gasteiger partial charge in [0.05, 0.1) is 36.8 Å². The summed E-state index contributed by atoms with van der Waals surface area (Å²) in [6.45, 7) is 8.22. The Morgan fingerprint density at radius 2 is 1.73 bits per heavy atom. The highest BCUT2D eigenvalue weighted by molar-refractivity contribution is 5.96. The van der Waals surface area contributed by atoms with Crippen LogP contribution in [0.5, 0.6) is 0 Å². The number of esters is 2. The minimum absolute atomic E-state index is 0.0321. The van der Waals surface area contributed by atoms with Gasteiger partial charge in [-0.05, 0) is 37.3 Å². The van der Waals surface area contributed by atoms with Crippen molar-refractivity contribution in [3.05, 3.63) is 24.2 Å². The molecule has 5 aliphatic rings. The zero-order chi connectivity index (χ0) is 32.0. The Hall–Kier alpha value is -2.60. The third-order valence-corrected chi connectivity index (χ3v) is 12.6. The number of Topliss-reactive ketones (excluding diaryl/α,β-unsaturated/α-hetero) is 2. The van der Waals surface area contributed by atoms with E-state index in [1.54, 1.807) is 26.8 Å². The maximum absolute atomic E-state index is 14.7. The Bertz CT molecular complexity index is 1340. The van der Waals surface area contributed by atoms with Gasteiger partial charge in [0.15, 0.2) is 5.78 Å². The first-order valence-electron chi connectivity index (χ1n) is 15.8. The smallest absolute Gasteiger partial charge is 0.308 e. The summed E-state index contributed by atoms with van der Waals surface area (Å²) in [7, 11) is 0. The molecular formula is C33H44O11. The van der Waals surface area contributed by atoms with Gasteiger partial charge < -0.3 is 33.9 Å². The lowest BCUT2D eigenvalue weighted by Gasteiger charge is -2.72. The predicted octanol–water partition coefficient (Wildman–Crippen LogP) is 2.68. The van der Waals surface area contributed by atoms with Gasteiger partial charge in [-0.2, -0.15) is 0 Å². The molecule has 11 nitrogen and oxygen atoms in total. The molecule has 1 aromatic rings. The quantitative estimate of drug-likeness (QED) is 0.402. The molecule has 0 radical (unpaired) electrons. The molecule has 0 aromatic carbocycles. The van der Waals surface area contributed by atoms with Crippen LogP contribution in [-0.4, -0.2) is 76.1 Å². The molecule has 5 fully saturated rings. The number of rotatable bonds is 6. The maximum atomic E-state index is 14.7. The molecule has 1 aromatic heterocycles. The lowest BCUT2D eigenvalue weighted by atomic mass is 9.33. The van der Waals surface area contributed by atoms with Gasteiger partial charge in [-0.1, -0.05) is 27.2 Å². The average Bonchev–Trinajstić information content (AvgIpc) is 3.58. The van der Waals surface area contributed by atoms with Gasteiger partial charge in [-0.3, -0.25) is 19.2 Å². The van der Waals surface area contributed by atoms with E-state index in [1.165, 1.54) is 19.5 Å². The Kier molecular flexibility index (Phi) is 7.47. The topological polar surface area (TPSA) is 170 Å². The molecule has 4 saturated carbocycles. The first-order chi connectivity index (χ1) is 20.7. The zero-order valence-corrected chi connectivity index (χ0v) is 26.0. The van der Waals surface area contributed by atoms with Crippen molar-refractivity contribution in [3.63, 3.8) is 0 Å². The van der Waals surface area contributed by atoms with Crippen LogP contribution in [0.1, 0.15) is 84.6 Å². The summed E-state index contributed by atoms with van der Waals surface area (Å²) in [6.07, 6.45) is -1.58. The molecule has 1 aliphatic heterocycles. The molecular weight excluding hydrogens is 572 g/mol. The van der Waals surface area contributed by atoms with Gasteiger partial charge in [0, 0.05) is 60.2 Å². The van der Waals surface area contributed by atoms with Crippen molar-refractivity contribution in [3.8, 4) is 0 Å². The van der Waals surface area contributed by atoms with Crippen molar-refractivity contribution in [2.24, 2.45) is 39.4 Å². The maximum Gasteiger partial charge on any atom is 0.308 e. The Morgan fingerprint density at radius 3 is 2.36 bits per heavy atom. The summed E-state index contributed by atoms with van der Waals surface area (Å²) >= 11 is 0. The summed E-state index contributed by atoms with van der Waals surface area (Å²) in [4.78, 5) is 53.8. The molecule has 44 heavy (non-hydrogen) atoms. The summed E-state index contributed by atoms with van der Waals surface area (Å²) < 4.78 is 23.2. The molecule has 1 saturated heterocycles. The minimum atomic E-state index is -1.58. The van der Waals surface area contributed by atoms with Crippen molar-refractivity contribution in [1.29, 1.82) is 0 Å². The number of aliphatic hydroxyl groups is 3. The van der Waals surface area contributed by atoms with Crippen LogP contribution in [0.2, 0.25) is 0 Å². The number of furan rings is 1. The second kappa shape index (κ2) is 10.5. The third-order valence-electron chi connectivity index (χ3n) is 12.6. The number of ketones is 2. The van der Waals surface area contributed by atoms with Crippen LogP contribution in [0.25, 0.3) is 0 Å². The standard InChI is InChI=1S/C33H44O11/c1-6-7-8-24(38)44-29-31(4)20-12-21(36)32(5)26-19(35)11-18(17-9-10-41-14-17)30(26,3)28(40)25(39)27(32)33(20,15-42-29)22(37)13-23(31)43-16(2)34/h9-10,14,18,20-23,26-29,36-37,40H,6-8,11-13,15H2,1-5H3/t18-,20-,21+,22-,23+,26+,27-,28-,29?,30-,31+,32-,33+/m0/s1. The molecule has 6 rings (SSSR count). The molecule has 3 N–H and O–H groups in total. The highest BCUT2D eigenvalue weighted by Gasteiger charge is 2.82. The van der Waals surface area contributed by atoms with Crippen molar-refractivity contribution in [1.82, 2.24) is 0 Å². The van der Waals surface area contributed by atoms with Crippen molar-refractivity contribution < 1.29 is 53.1 Å². The van der Waals surface area contributed by atoms with E-state index in [4.69, 9.17) is 18.6 Å². The fourth-order valence-corrected chi connectivity index (χ4v) is 10.7. The third kappa shape index (κ3) is 3.88. The van der Waals surface area contributed by atoms with E-state index in [2.05, 4.69) is 0 Å². The minimum Gasteiger partial charge on any atom is -0.472 e. The number of hydrogen-bond donors (Lipinski definition) is 3. The number of hydrogen-bond acceptors (Lipinski definition) is 11. The van der Waals surface area contributed by atoms with Crippen LogP contribution in [0.4, 0.5) is 0 Å². The zero-order valence-electron chi connectivity index (χ0n) is 26.0. The van der Waals surface area contributed by atoms with E-state index in [0.717, 1.165) is 6.42 Å². The van der Waals surface area contributed by atoms with Crippen molar-refractivity contribution in [2.45, 2.75) is 110 Å². The lowest BCUT2D eigenvalue weighted by Crippen LogP contribution is -2.80. The molecule has 4 aliphatic carbocycles. The number of unbranched alkanes of at least 4 members (excludes halogenated alkanes) is 1.